The Bertz CT molecular complexity index is 364. The number of nitrogens with one attached hydrogen (secondary N) is 1. The molecule has 0 spiro atoms. The van der Waals surface area contributed by atoms with Gasteiger partial charge in [-0.05, 0) is 70.1 Å². The zero-order valence-electron chi connectivity index (χ0n) is 14.5. The molecule has 2 rings (SSSR count). The first-order chi connectivity index (χ1) is 10.2. The van der Waals surface area contributed by atoms with Gasteiger partial charge in [0.15, 0.2) is 0 Å². The fourth-order valence-electron chi connectivity index (χ4n) is 3.93. The summed E-state index contributed by atoms with van der Waals surface area (Å²) in [6, 6.07) is 1.52. The van der Waals surface area contributed by atoms with E-state index in [0.29, 0.717) is 5.92 Å². The van der Waals surface area contributed by atoms with Gasteiger partial charge < -0.3 is 5.32 Å². The lowest BCUT2D eigenvalue weighted by Gasteiger charge is -2.24. The van der Waals surface area contributed by atoms with Crippen molar-refractivity contribution in [2.24, 2.45) is 5.92 Å². The number of allylic oxidation sites excluding steroid dienone is 4. The molecule has 1 fully saturated rings. The van der Waals surface area contributed by atoms with Crippen LogP contribution in [0.5, 0.6) is 0 Å². The summed E-state index contributed by atoms with van der Waals surface area (Å²) in [6.07, 6.45) is 18.3. The molecular formula is C20H35N. The molecule has 0 saturated heterocycles. The van der Waals surface area contributed by atoms with Crippen LogP contribution in [0.15, 0.2) is 23.3 Å². The lowest BCUT2D eigenvalue weighted by molar-refractivity contribution is 0.369. The zero-order chi connectivity index (χ0) is 15.1. The molecule has 0 radical (unpaired) electrons. The minimum Gasteiger partial charge on any atom is -0.311 e. The van der Waals surface area contributed by atoms with Crippen LogP contribution < -0.4 is 5.32 Å². The van der Waals surface area contributed by atoms with E-state index in [-0.39, 0.29) is 0 Å². The van der Waals surface area contributed by atoms with Crippen molar-refractivity contribution in [3.05, 3.63) is 23.3 Å². The van der Waals surface area contributed by atoms with Crippen molar-refractivity contribution < 1.29 is 0 Å². The molecule has 0 aromatic heterocycles. The van der Waals surface area contributed by atoms with E-state index in [1.807, 2.05) is 0 Å². The molecule has 0 amide bonds. The van der Waals surface area contributed by atoms with E-state index in [4.69, 9.17) is 0 Å². The van der Waals surface area contributed by atoms with Crippen molar-refractivity contribution in [1.82, 2.24) is 5.32 Å². The molecular weight excluding hydrogens is 254 g/mol. The van der Waals surface area contributed by atoms with Crippen LogP contribution in [0, 0.1) is 5.92 Å². The smallest absolute Gasteiger partial charge is 0.00756 e. The van der Waals surface area contributed by atoms with Crippen LogP contribution in [-0.2, 0) is 0 Å². The fraction of sp³-hybridized carbons (Fsp3) is 0.800. The Labute approximate surface area is 132 Å². The first-order valence-electron chi connectivity index (χ1n) is 9.31. The summed E-state index contributed by atoms with van der Waals surface area (Å²) in [5.74, 6) is 0.713. The van der Waals surface area contributed by atoms with E-state index in [1.165, 1.54) is 64.2 Å². The Hall–Kier alpha value is -0.560. The Balaban J connectivity index is 1.79. The summed E-state index contributed by atoms with van der Waals surface area (Å²) in [5.41, 5.74) is 3.40. The average molecular weight is 290 g/mol. The third-order valence-corrected chi connectivity index (χ3v) is 5.12. The molecule has 0 aromatic carbocycles. The van der Waals surface area contributed by atoms with Gasteiger partial charge in [-0.3, -0.25) is 0 Å². The summed E-state index contributed by atoms with van der Waals surface area (Å²) < 4.78 is 0. The third kappa shape index (κ3) is 5.98. The van der Waals surface area contributed by atoms with Gasteiger partial charge in [0.2, 0.25) is 0 Å². The maximum absolute atomic E-state index is 4.00. The second-order valence-corrected chi connectivity index (χ2v) is 7.39. The van der Waals surface area contributed by atoms with Crippen LogP contribution >= 0.6 is 0 Å². The Morgan fingerprint density at radius 2 is 1.86 bits per heavy atom. The van der Waals surface area contributed by atoms with Crippen LogP contribution in [0.4, 0.5) is 0 Å². The highest BCUT2D eigenvalue weighted by Crippen LogP contribution is 2.26. The normalized spacial score (nSPS) is 30.1. The summed E-state index contributed by atoms with van der Waals surface area (Å²) in [7, 11) is 0. The van der Waals surface area contributed by atoms with Crippen LogP contribution in [0.1, 0.15) is 85.0 Å². The van der Waals surface area contributed by atoms with Crippen molar-refractivity contribution in [3.8, 4) is 0 Å². The highest BCUT2D eigenvalue weighted by atomic mass is 14.9. The SMILES string of the molecule is CCC1=CCCC(NC2CCC/C(=C/C(C)C)CC2)CC1. The van der Waals surface area contributed by atoms with Gasteiger partial charge in [0, 0.05) is 12.1 Å². The second-order valence-electron chi connectivity index (χ2n) is 7.39. The lowest BCUT2D eigenvalue weighted by atomic mass is 10.0. The Kier molecular flexibility index (Phi) is 7.03. The van der Waals surface area contributed by atoms with Gasteiger partial charge in [-0.1, -0.05) is 44.1 Å². The molecule has 1 nitrogen and oxygen atoms in total. The summed E-state index contributed by atoms with van der Waals surface area (Å²) >= 11 is 0. The highest BCUT2D eigenvalue weighted by Gasteiger charge is 2.19. The third-order valence-electron chi connectivity index (χ3n) is 5.12. The first-order valence-corrected chi connectivity index (χ1v) is 9.31. The van der Waals surface area contributed by atoms with E-state index >= 15 is 0 Å². The van der Waals surface area contributed by atoms with Gasteiger partial charge in [-0.15, -0.1) is 0 Å². The van der Waals surface area contributed by atoms with Gasteiger partial charge in [-0.25, -0.2) is 0 Å². The van der Waals surface area contributed by atoms with Crippen molar-refractivity contribution in [2.75, 3.05) is 0 Å². The van der Waals surface area contributed by atoms with Crippen molar-refractivity contribution in [2.45, 2.75) is 97.1 Å². The molecule has 0 aromatic rings. The topological polar surface area (TPSA) is 12.0 Å². The van der Waals surface area contributed by atoms with Gasteiger partial charge >= 0.3 is 0 Å². The predicted octanol–water partition coefficient (Wildman–Crippen LogP) is 5.77. The maximum atomic E-state index is 4.00. The van der Waals surface area contributed by atoms with Gasteiger partial charge in [0.1, 0.15) is 0 Å². The summed E-state index contributed by atoms with van der Waals surface area (Å²) in [5, 5.41) is 4.00. The second kappa shape index (κ2) is 8.78. The van der Waals surface area contributed by atoms with Crippen LogP contribution in [-0.4, -0.2) is 12.1 Å². The molecule has 2 aliphatic carbocycles. The zero-order valence-corrected chi connectivity index (χ0v) is 14.5. The summed E-state index contributed by atoms with van der Waals surface area (Å²) in [6.45, 7) is 6.91. The minimum atomic E-state index is 0.713. The average Bonchev–Trinajstić information content (AvgIpc) is 2.80. The van der Waals surface area contributed by atoms with E-state index in [9.17, 15) is 0 Å². The molecule has 2 atom stereocenters. The predicted molar refractivity (Wildman–Crippen MR) is 93.6 cm³/mol. The molecule has 21 heavy (non-hydrogen) atoms. The van der Waals surface area contributed by atoms with Crippen molar-refractivity contribution >= 4 is 0 Å². The summed E-state index contributed by atoms with van der Waals surface area (Å²) in [4.78, 5) is 0. The molecule has 0 aliphatic heterocycles. The largest absolute Gasteiger partial charge is 0.311 e. The van der Waals surface area contributed by atoms with E-state index in [2.05, 4.69) is 38.2 Å². The number of hydrogen-bond acceptors (Lipinski definition) is 1. The minimum absolute atomic E-state index is 0.713. The van der Waals surface area contributed by atoms with E-state index in [1.54, 1.807) is 11.1 Å². The molecule has 1 saturated carbocycles. The highest BCUT2D eigenvalue weighted by molar-refractivity contribution is 5.07. The molecule has 120 valence electrons. The van der Waals surface area contributed by atoms with Crippen LogP contribution in [0.2, 0.25) is 0 Å². The first kappa shape index (κ1) is 16.8. The molecule has 1 N–H and O–H groups in total. The molecule has 2 aliphatic rings. The van der Waals surface area contributed by atoms with Crippen molar-refractivity contribution in [3.63, 3.8) is 0 Å². The number of hydrogen-bond donors (Lipinski definition) is 1. The molecule has 0 heterocycles. The van der Waals surface area contributed by atoms with Crippen LogP contribution in [0.3, 0.4) is 0 Å². The molecule has 0 bridgehead atoms. The van der Waals surface area contributed by atoms with E-state index < -0.39 is 0 Å². The number of rotatable bonds is 4. The van der Waals surface area contributed by atoms with E-state index in [0.717, 1.165) is 12.1 Å². The maximum Gasteiger partial charge on any atom is 0.00756 e. The molecule has 2 unspecified atom stereocenters. The Morgan fingerprint density at radius 3 is 2.62 bits per heavy atom. The van der Waals surface area contributed by atoms with Crippen molar-refractivity contribution in [1.29, 1.82) is 0 Å². The quantitative estimate of drug-likeness (QED) is 0.511. The monoisotopic (exact) mass is 289 g/mol. The van der Waals surface area contributed by atoms with Crippen LogP contribution in [0.25, 0.3) is 0 Å². The lowest BCUT2D eigenvalue weighted by Crippen LogP contribution is -2.37. The van der Waals surface area contributed by atoms with Gasteiger partial charge in [0.05, 0.1) is 0 Å². The molecule has 1 heteroatoms. The standard InChI is InChI=1S/C20H35N/c1-4-17-7-5-9-19(13-11-17)21-20-10-6-8-18(12-14-20)15-16(2)3/h7,15-16,19-21H,4-6,8-14H2,1-3H3/b18-15-. The van der Waals surface area contributed by atoms with Gasteiger partial charge in [-0.2, -0.15) is 0 Å². The fourth-order valence-corrected chi connectivity index (χ4v) is 3.93. The Morgan fingerprint density at radius 1 is 1.10 bits per heavy atom. The van der Waals surface area contributed by atoms with Gasteiger partial charge in [0.25, 0.3) is 0 Å².